The van der Waals surface area contributed by atoms with Crippen LogP contribution in [-0.2, 0) is 48.2 Å². The number of hydrogen-bond donors (Lipinski definition) is 0. The molecule has 0 fully saturated rings. The van der Waals surface area contributed by atoms with Crippen molar-refractivity contribution in [2.24, 2.45) is 0 Å². The molecule has 0 aliphatic rings. The smallest absolute Gasteiger partial charge is 0.156 e. The quantitative estimate of drug-likeness (QED) is 0.0721. The van der Waals surface area contributed by atoms with E-state index in [0.717, 1.165) is 52.0 Å². The lowest BCUT2D eigenvalue weighted by Crippen LogP contribution is -2.08. The number of nitrogens with zero attached hydrogens (tertiary/aromatic N) is 4. The molecule has 0 radical (unpaired) electrons. The van der Waals surface area contributed by atoms with Crippen LogP contribution in [0.25, 0.3) is 0 Å². The highest BCUT2D eigenvalue weighted by Crippen LogP contribution is 2.24. The van der Waals surface area contributed by atoms with Gasteiger partial charge < -0.3 is 18.6 Å². The molecule has 3 aromatic rings. The first-order valence-electron chi connectivity index (χ1n) is 16.8. The van der Waals surface area contributed by atoms with Crippen LogP contribution in [0, 0.1) is 0 Å². The van der Waals surface area contributed by atoms with Crippen LogP contribution < -0.4 is 0 Å². The first kappa shape index (κ1) is 35.9. The molecule has 0 bridgehead atoms. The van der Waals surface area contributed by atoms with Gasteiger partial charge in [-0.2, -0.15) is 0 Å². The Morgan fingerprint density at radius 2 is 0.909 bits per heavy atom. The lowest BCUT2D eigenvalue weighted by molar-refractivity contribution is 0.297. The fraction of sp³-hybridized carbons (Fsp3) is 0.611. The predicted octanol–water partition coefficient (Wildman–Crippen LogP) is 9.06. The Labute approximate surface area is 277 Å². The van der Waals surface area contributed by atoms with Crippen LogP contribution in [-0.4, -0.2) is 42.4 Å². The van der Waals surface area contributed by atoms with Gasteiger partial charge in [-0.1, -0.05) is 63.5 Å². The Morgan fingerprint density at radius 3 is 1.27 bits per heavy atom. The van der Waals surface area contributed by atoms with Crippen molar-refractivity contribution in [1.29, 1.82) is 0 Å². The van der Waals surface area contributed by atoms with Crippen molar-refractivity contribution < 1.29 is 9.47 Å². The van der Waals surface area contributed by atoms with Gasteiger partial charge in [0.1, 0.15) is 0 Å². The van der Waals surface area contributed by atoms with Crippen molar-refractivity contribution in [3.05, 3.63) is 71.8 Å². The van der Waals surface area contributed by atoms with Crippen LogP contribution in [0.5, 0.6) is 0 Å². The van der Waals surface area contributed by atoms with Crippen LogP contribution in [0.2, 0.25) is 0 Å². The van der Waals surface area contributed by atoms with E-state index in [2.05, 4.69) is 43.6 Å². The van der Waals surface area contributed by atoms with Crippen LogP contribution in [0.1, 0.15) is 113 Å². The second-order valence-electron chi connectivity index (χ2n) is 11.9. The van der Waals surface area contributed by atoms with Gasteiger partial charge in [0.05, 0.1) is 25.9 Å². The third-order valence-corrected chi connectivity index (χ3v) is 8.45. The topological polar surface area (TPSA) is 54.1 Å². The minimum atomic E-state index is 0.654. The van der Waals surface area contributed by atoms with Gasteiger partial charge in [0.25, 0.3) is 0 Å². The molecular formula is C36H54N4O2S2. The minimum Gasteiger partial charge on any atom is -0.487 e. The van der Waals surface area contributed by atoms with Gasteiger partial charge >= 0.3 is 0 Å². The monoisotopic (exact) mass is 638 g/mol. The van der Waals surface area contributed by atoms with Crippen LogP contribution >= 0.6 is 24.4 Å². The Kier molecular flexibility index (Phi) is 18.0. The van der Waals surface area contributed by atoms with Crippen molar-refractivity contribution in [3.8, 4) is 0 Å². The maximum absolute atomic E-state index is 5.43. The summed E-state index contributed by atoms with van der Waals surface area (Å²) in [5, 5.41) is 1.31. The molecule has 242 valence electrons. The first-order valence-corrected chi connectivity index (χ1v) is 17.6. The maximum Gasteiger partial charge on any atom is 0.156 e. The molecule has 0 unspecified atom stereocenters. The number of aromatic nitrogens is 4. The molecule has 1 aromatic carbocycles. The van der Waals surface area contributed by atoms with E-state index in [4.69, 9.17) is 33.9 Å². The average molecular weight is 639 g/mol. The molecule has 0 aliphatic carbocycles. The summed E-state index contributed by atoms with van der Waals surface area (Å²) in [6.07, 6.45) is 30.9. The van der Waals surface area contributed by atoms with Gasteiger partial charge in [0.2, 0.25) is 0 Å². The van der Waals surface area contributed by atoms with Gasteiger partial charge in [-0.25, -0.2) is 9.97 Å². The molecule has 0 amide bonds. The molecule has 0 aliphatic heterocycles. The number of thiocarbonyl (C=S) groups is 2. The summed E-state index contributed by atoms with van der Waals surface area (Å²) in [6, 6.07) is 5.11. The average Bonchev–Trinajstić information content (AvgIpc) is 3.72. The fourth-order valence-electron chi connectivity index (χ4n) is 5.74. The molecule has 0 spiro atoms. The third-order valence-electron chi connectivity index (χ3n) is 8.21. The largest absolute Gasteiger partial charge is 0.487 e. The maximum atomic E-state index is 5.43. The van der Waals surface area contributed by atoms with E-state index in [-0.39, 0.29) is 0 Å². The lowest BCUT2D eigenvalue weighted by atomic mass is 9.89. The highest BCUT2D eigenvalue weighted by molar-refractivity contribution is 7.80. The van der Waals surface area contributed by atoms with Gasteiger partial charge in [-0.05, 0) is 98.1 Å². The van der Waals surface area contributed by atoms with Crippen LogP contribution in [0.15, 0.2) is 49.6 Å². The van der Waals surface area contributed by atoms with Crippen molar-refractivity contribution in [3.63, 3.8) is 0 Å². The van der Waals surface area contributed by atoms with E-state index in [1.54, 1.807) is 11.1 Å². The van der Waals surface area contributed by atoms with E-state index in [9.17, 15) is 0 Å². The van der Waals surface area contributed by atoms with Crippen molar-refractivity contribution in [2.75, 3.05) is 13.2 Å². The molecule has 0 N–H and O–H groups in total. The highest BCUT2D eigenvalue weighted by Gasteiger charge is 2.12. The highest BCUT2D eigenvalue weighted by atomic mass is 32.1. The standard InChI is InChI=1S/C36H54N4O2S2/c1-31(43)41-25-13-9-5-3-7-11-15-33-27-35(17-21-39-23-19-37-29-39)36(18-22-40-24-20-38-30-40)28-34(33)16-12-8-4-6-10-14-26-42-32(2)44/h19-20,23-24,27-30H,3-18,21-22,25-26H2,1-2H3. The summed E-state index contributed by atoms with van der Waals surface area (Å²) in [5.74, 6) is 0. The molecule has 8 heteroatoms. The molecular weight excluding hydrogens is 585 g/mol. The molecule has 6 nitrogen and oxygen atoms in total. The summed E-state index contributed by atoms with van der Waals surface area (Å²) in [4.78, 5) is 8.51. The van der Waals surface area contributed by atoms with E-state index in [0.29, 0.717) is 10.1 Å². The van der Waals surface area contributed by atoms with E-state index >= 15 is 0 Å². The van der Waals surface area contributed by atoms with Crippen molar-refractivity contribution in [2.45, 2.75) is 130 Å². The number of hydrogen-bond acceptors (Lipinski definition) is 6. The summed E-state index contributed by atoms with van der Waals surface area (Å²) >= 11 is 10.0. The summed E-state index contributed by atoms with van der Waals surface area (Å²) in [6.45, 7) is 7.13. The van der Waals surface area contributed by atoms with Gasteiger partial charge in [0, 0.05) is 51.7 Å². The summed E-state index contributed by atoms with van der Waals surface area (Å²) in [7, 11) is 0. The second-order valence-corrected chi connectivity index (χ2v) is 13.1. The third kappa shape index (κ3) is 15.4. The zero-order valence-electron chi connectivity index (χ0n) is 27.2. The summed E-state index contributed by atoms with van der Waals surface area (Å²) in [5.41, 5.74) is 6.10. The lowest BCUT2D eigenvalue weighted by Gasteiger charge is -2.18. The number of ether oxygens (including phenoxy) is 2. The molecule has 2 heterocycles. The van der Waals surface area contributed by atoms with Gasteiger partial charge in [0.15, 0.2) is 10.1 Å². The number of rotatable bonds is 24. The Hall–Kier alpha value is -2.58. The normalized spacial score (nSPS) is 11.1. The van der Waals surface area contributed by atoms with Gasteiger partial charge in [-0.15, -0.1) is 0 Å². The second kappa shape index (κ2) is 22.0. The minimum absolute atomic E-state index is 0.654. The summed E-state index contributed by atoms with van der Waals surface area (Å²) < 4.78 is 15.2. The van der Waals surface area contributed by atoms with Crippen molar-refractivity contribution >= 4 is 34.5 Å². The molecule has 0 saturated carbocycles. The molecule has 3 rings (SSSR count). The zero-order chi connectivity index (χ0) is 31.2. The fourth-order valence-corrected chi connectivity index (χ4v) is 5.91. The zero-order valence-corrected chi connectivity index (χ0v) is 28.8. The van der Waals surface area contributed by atoms with Crippen LogP contribution in [0.4, 0.5) is 0 Å². The molecule has 2 aromatic heterocycles. The molecule has 0 saturated heterocycles. The van der Waals surface area contributed by atoms with E-state index in [1.165, 1.54) is 88.2 Å². The Balaban J connectivity index is 1.59. The number of unbranched alkanes of at least 4 members (excludes halogenated alkanes) is 10. The molecule has 0 atom stereocenters. The predicted molar refractivity (Wildman–Crippen MR) is 190 cm³/mol. The SMILES string of the molecule is CC(=S)OCCCCCCCCc1cc(CCn2ccnc2)c(CCn2ccnc2)cc1CCCCCCCCOC(C)=S. The van der Waals surface area contributed by atoms with E-state index in [1.807, 2.05) is 38.9 Å². The van der Waals surface area contributed by atoms with Gasteiger partial charge in [-0.3, -0.25) is 0 Å². The number of aryl methyl sites for hydroxylation is 6. The number of imidazole rings is 2. The van der Waals surface area contributed by atoms with Crippen LogP contribution in [0.3, 0.4) is 0 Å². The Morgan fingerprint density at radius 1 is 0.545 bits per heavy atom. The van der Waals surface area contributed by atoms with E-state index < -0.39 is 0 Å². The van der Waals surface area contributed by atoms with Crippen molar-refractivity contribution in [1.82, 2.24) is 19.1 Å². The number of benzene rings is 1. The molecule has 44 heavy (non-hydrogen) atoms. The first-order chi connectivity index (χ1) is 21.5. The Bertz CT molecular complexity index is 1100.